The predicted octanol–water partition coefficient (Wildman–Crippen LogP) is 4.71. The molecule has 7 heteroatoms. The zero-order valence-corrected chi connectivity index (χ0v) is 16.4. The molecule has 2 aromatic heterocycles. The molecule has 0 aliphatic carbocycles. The molecule has 2 heterocycles. The Balaban J connectivity index is 1.61. The Kier molecular flexibility index (Phi) is 5.65. The Bertz CT molecular complexity index is 1130. The van der Waals surface area contributed by atoms with Gasteiger partial charge in [-0.25, -0.2) is 5.43 Å². The molecule has 0 bridgehead atoms. The maximum Gasteiger partial charge on any atom is 0.265 e. The number of unbranched alkanes of at least 4 members (excludes halogenated alkanes) is 3. The summed E-state index contributed by atoms with van der Waals surface area (Å²) in [6.07, 6.45) is 6.40. The summed E-state index contributed by atoms with van der Waals surface area (Å²) < 4.78 is 2.23. The van der Waals surface area contributed by atoms with Crippen molar-refractivity contribution in [3.63, 3.8) is 0 Å². The van der Waals surface area contributed by atoms with Gasteiger partial charge in [0.1, 0.15) is 11.3 Å². The maximum atomic E-state index is 9.35. The number of rotatable bonds is 8. The molecule has 0 spiro atoms. The fraction of sp³-hybridized carbons (Fsp3) is 0.273. The van der Waals surface area contributed by atoms with Gasteiger partial charge in [-0.2, -0.15) is 10.1 Å². The first-order valence-corrected chi connectivity index (χ1v) is 9.96. The Morgan fingerprint density at radius 3 is 2.69 bits per heavy atom. The SMILES string of the molecule is CCCCCCn1c2ccccc2c2nnc(N/N=C\c3ccc(O)cc3)nc21. The van der Waals surface area contributed by atoms with E-state index in [0.29, 0.717) is 5.95 Å². The molecule has 2 N–H and O–H groups in total. The molecule has 0 aliphatic rings. The number of nitrogens with one attached hydrogen (secondary N) is 1. The van der Waals surface area contributed by atoms with Gasteiger partial charge in [-0.1, -0.05) is 44.4 Å². The molecule has 2 aromatic carbocycles. The van der Waals surface area contributed by atoms with Crippen LogP contribution in [0.15, 0.2) is 53.6 Å². The van der Waals surface area contributed by atoms with Crippen molar-refractivity contribution < 1.29 is 5.11 Å². The largest absolute Gasteiger partial charge is 0.508 e. The molecule has 4 rings (SSSR count). The van der Waals surface area contributed by atoms with Crippen LogP contribution in [0.25, 0.3) is 22.1 Å². The molecule has 0 aliphatic heterocycles. The topological polar surface area (TPSA) is 88.2 Å². The number of aryl methyl sites for hydroxylation is 1. The van der Waals surface area contributed by atoms with Gasteiger partial charge in [-0.05, 0) is 42.3 Å². The molecule has 148 valence electrons. The third-order valence-corrected chi connectivity index (χ3v) is 4.88. The normalized spacial score (nSPS) is 11.6. The summed E-state index contributed by atoms with van der Waals surface area (Å²) in [5.74, 6) is 0.574. The Labute approximate surface area is 169 Å². The van der Waals surface area contributed by atoms with Crippen LogP contribution < -0.4 is 5.43 Å². The van der Waals surface area contributed by atoms with Gasteiger partial charge in [0.05, 0.1) is 11.7 Å². The second-order valence-electron chi connectivity index (χ2n) is 7.00. The molecule has 29 heavy (non-hydrogen) atoms. The number of para-hydroxylation sites is 1. The lowest BCUT2D eigenvalue weighted by Crippen LogP contribution is -2.03. The van der Waals surface area contributed by atoms with Crippen LogP contribution in [0, 0.1) is 0 Å². The number of aromatic nitrogens is 4. The highest BCUT2D eigenvalue weighted by Gasteiger charge is 2.14. The third-order valence-electron chi connectivity index (χ3n) is 4.88. The predicted molar refractivity (Wildman–Crippen MR) is 116 cm³/mol. The van der Waals surface area contributed by atoms with E-state index in [2.05, 4.69) is 49.3 Å². The molecule has 0 unspecified atom stereocenters. The summed E-state index contributed by atoms with van der Waals surface area (Å²) >= 11 is 0. The van der Waals surface area contributed by atoms with Crippen molar-refractivity contribution in [3.8, 4) is 5.75 Å². The fourth-order valence-corrected chi connectivity index (χ4v) is 3.40. The van der Waals surface area contributed by atoms with Crippen LogP contribution in [-0.2, 0) is 6.54 Å². The first-order chi connectivity index (χ1) is 14.3. The second kappa shape index (κ2) is 8.68. The van der Waals surface area contributed by atoms with Crippen molar-refractivity contribution in [1.29, 1.82) is 0 Å². The van der Waals surface area contributed by atoms with Gasteiger partial charge in [0, 0.05) is 11.9 Å². The Hall–Kier alpha value is -3.48. The van der Waals surface area contributed by atoms with Gasteiger partial charge >= 0.3 is 0 Å². The van der Waals surface area contributed by atoms with Crippen molar-refractivity contribution in [1.82, 2.24) is 19.7 Å². The first-order valence-electron chi connectivity index (χ1n) is 9.96. The summed E-state index contributed by atoms with van der Waals surface area (Å²) in [6, 6.07) is 15.0. The molecule has 0 saturated heterocycles. The van der Waals surface area contributed by atoms with Crippen LogP contribution in [0.5, 0.6) is 5.75 Å². The average Bonchev–Trinajstić information content (AvgIpc) is 3.06. The number of anilines is 1. The summed E-state index contributed by atoms with van der Waals surface area (Å²) in [4.78, 5) is 4.68. The van der Waals surface area contributed by atoms with Crippen LogP contribution >= 0.6 is 0 Å². The van der Waals surface area contributed by atoms with E-state index >= 15 is 0 Å². The zero-order chi connectivity index (χ0) is 20.1. The molecular weight excluding hydrogens is 364 g/mol. The smallest absolute Gasteiger partial charge is 0.265 e. The van der Waals surface area contributed by atoms with E-state index in [1.165, 1.54) is 19.3 Å². The minimum absolute atomic E-state index is 0.222. The van der Waals surface area contributed by atoms with Crippen LogP contribution in [0.1, 0.15) is 38.2 Å². The van der Waals surface area contributed by atoms with Crippen molar-refractivity contribution in [3.05, 3.63) is 54.1 Å². The summed E-state index contributed by atoms with van der Waals surface area (Å²) in [6.45, 7) is 3.12. The molecule has 0 amide bonds. The first kappa shape index (κ1) is 18.9. The number of phenolic OH excluding ortho intramolecular Hbond substituents is 1. The van der Waals surface area contributed by atoms with Gasteiger partial charge in [0.25, 0.3) is 5.95 Å². The lowest BCUT2D eigenvalue weighted by atomic mass is 10.2. The lowest BCUT2D eigenvalue weighted by Gasteiger charge is -2.06. The van der Waals surface area contributed by atoms with Gasteiger partial charge < -0.3 is 9.67 Å². The molecule has 7 nitrogen and oxygen atoms in total. The lowest BCUT2D eigenvalue weighted by molar-refractivity contribution is 0.475. The van der Waals surface area contributed by atoms with E-state index in [0.717, 1.165) is 40.6 Å². The Morgan fingerprint density at radius 2 is 1.86 bits per heavy atom. The maximum absolute atomic E-state index is 9.35. The van der Waals surface area contributed by atoms with Crippen molar-refractivity contribution in [2.45, 2.75) is 39.2 Å². The number of fused-ring (bicyclic) bond motifs is 3. The molecule has 4 aromatic rings. The van der Waals surface area contributed by atoms with Gasteiger partial charge in [0.2, 0.25) is 0 Å². The Morgan fingerprint density at radius 1 is 1.03 bits per heavy atom. The molecular formula is C22H24N6O. The average molecular weight is 388 g/mol. The standard InChI is InChI=1S/C22H24N6O/c1-2-3-4-7-14-28-19-9-6-5-8-18(19)20-21(28)24-22(27-25-20)26-23-15-16-10-12-17(29)13-11-16/h5-6,8-13,15,29H,2-4,7,14H2,1H3,(H,24,26,27)/b23-15-. The van der Waals surface area contributed by atoms with E-state index in [1.54, 1.807) is 30.5 Å². The summed E-state index contributed by atoms with van der Waals surface area (Å²) in [5, 5.41) is 23.2. The second-order valence-corrected chi connectivity index (χ2v) is 7.00. The minimum Gasteiger partial charge on any atom is -0.508 e. The number of phenols is 1. The number of hydrogen-bond acceptors (Lipinski definition) is 6. The van der Waals surface area contributed by atoms with Crippen molar-refractivity contribution >= 4 is 34.2 Å². The van der Waals surface area contributed by atoms with Crippen molar-refractivity contribution in [2.24, 2.45) is 5.10 Å². The van der Waals surface area contributed by atoms with Gasteiger partial charge in [-0.3, -0.25) is 0 Å². The quantitative estimate of drug-likeness (QED) is 0.259. The van der Waals surface area contributed by atoms with Crippen LogP contribution in [0.2, 0.25) is 0 Å². The van der Waals surface area contributed by atoms with E-state index in [9.17, 15) is 5.11 Å². The number of hydrazone groups is 1. The van der Waals surface area contributed by atoms with Gasteiger partial charge in [0.15, 0.2) is 5.65 Å². The number of benzene rings is 2. The monoisotopic (exact) mass is 388 g/mol. The van der Waals surface area contributed by atoms with Crippen LogP contribution in [0.3, 0.4) is 0 Å². The summed E-state index contributed by atoms with van der Waals surface area (Å²) in [7, 11) is 0. The van der Waals surface area contributed by atoms with Crippen molar-refractivity contribution in [2.75, 3.05) is 5.43 Å². The molecule has 0 radical (unpaired) electrons. The summed E-state index contributed by atoms with van der Waals surface area (Å²) in [5.41, 5.74) is 6.47. The highest BCUT2D eigenvalue weighted by molar-refractivity contribution is 6.04. The molecule has 0 fully saturated rings. The van der Waals surface area contributed by atoms with Crippen LogP contribution in [0.4, 0.5) is 5.95 Å². The van der Waals surface area contributed by atoms with E-state index in [-0.39, 0.29) is 5.75 Å². The van der Waals surface area contributed by atoms with E-state index in [1.807, 2.05) is 12.1 Å². The van der Waals surface area contributed by atoms with E-state index < -0.39 is 0 Å². The fourth-order valence-electron chi connectivity index (χ4n) is 3.40. The minimum atomic E-state index is 0.222. The molecule has 0 atom stereocenters. The molecule has 0 saturated carbocycles. The highest BCUT2D eigenvalue weighted by atomic mass is 16.3. The van der Waals surface area contributed by atoms with Crippen LogP contribution in [-0.4, -0.2) is 31.1 Å². The number of hydrogen-bond donors (Lipinski definition) is 2. The third kappa shape index (κ3) is 4.18. The number of nitrogens with zero attached hydrogens (tertiary/aromatic N) is 5. The zero-order valence-electron chi connectivity index (χ0n) is 16.4. The number of aromatic hydroxyl groups is 1. The highest BCUT2D eigenvalue weighted by Crippen LogP contribution is 2.26. The van der Waals surface area contributed by atoms with Gasteiger partial charge in [-0.15, -0.1) is 10.2 Å². The van der Waals surface area contributed by atoms with E-state index in [4.69, 9.17) is 0 Å².